The van der Waals surface area contributed by atoms with Crippen LogP contribution in [0.5, 0.6) is 0 Å². The van der Waals surface area contributed by atoms with Crippen LogP contribution in [-0.4, -0.2) is 52.4 Å². The van der Waals surface area contributed by atoms with Gasteiger partial charge in [-0.05, 0) is 107 Å². The Balaban J connectivity index is 1.43. The average Bonchev–Trinajstić information content (AvgIpc) is 3.62. The predicted octanol–water partition coefficient (Wildman–Crippen LogP) is 8.17. The van der Waals surface area contributed by atoms with Gasteiger partial charge in [0.1, 0.15) is 16.8 Å². The van der Waals surface area contributed by atoms with Gasteiger partial charge < -0.3 is 19.3 Å². The highest BCUT2D eigenvalue weighted by Crippen LogP contribution is 2.46. The Hall–Kier alpha value is -4.74. The summed E-state index contributed by atoms with van der Waals surface area (Å²) in [6.45, 7) is 10.3. The van der Waals surface area contributed by atoms with Crippen molar-refractivity contribution in [3.8, 4) is 11.1 Å². The molecule has 3 amide bonds. The number of hydrogen-bond acceptors (Lipinski definition) is 9. The lowest BCUT2D eigenvalue weighted by Crippen LogP contribution is -2.44. The highest BCUT2D eigenvalue weighted by molar-refractivity contribution is 6.31. The molecule has 0 radical (unpaired) electrons. The van der Waals surface area contributed by atoms with Crippen molar-refractivity contribution in [3.05, 3.63) is 88.3 Å². The summed E-state index contributed by atoms with van der Waals surface area (Å²) in [5.41, 5.74) is 2.44. The minimum absolute atomic E-state index is 0.210. The van der Waals surface area contributed by atoms with Gasteiger partial charge in [-0.2, -0.15) is 4.90 Å². The summed E-state index contributed by atoms with van der Waals surface area (Å²) in [5.74, 6) is 0. The molecule has 0 saturated carbocycles. The first kappa shape index (κ1) is 34.6. The van der Waals surface area contributed by atoms with Gasteiger partial charge in [0.05, 0.1) is 24.2 Å². The van der Waals surface area contributed by atoms with Gasteiger partial charge in [0.2, 0.25) is 0 Å². The molecule has 2 aromatic carbocycles. The first-order valence-electron chi connectivity index (χ1n) is 15.5. The van der Waals surface area contributed by atoms with Crippen LogP contribution < -0.4 is 10.2 Å². The summed E-state index contributed by atoms with van der Waals surface area (Å²) in [5, 5.41) is 15.0. The number of methoxy groups -OCH3 is 1. The molecular weight excluding hydrogens is 636 g/mol. The lowest BCUT2D eigenvalue weighted by molar-refractivity contribution is 0.0430. The number of aryl methyl sites for hydroxylation is 1. The Morgan fingerprint density at radius 2 is 1.58 bits per heavy atom. The third-order valence-electron chi connectivity index (χ3n) is 7.69. The number of carbonyl (C=O) groups excluding carboxylic acids is 3. The first-order valence-corrected chi connectivity index (χ1v) is 15.8. The van der Waals surface area contributed by atoms with Gasteiger partial charge in [0.25, 0.3) is 0 Å². The zero-order chi connectivity index (χ0) is 35.0. The van der Waals surface area contributed by atoms with E-state index >= 15 is 0 Å². The Morgan fingerprint density at radius 1 is 0.938 bits per heavy atom. The molecular formula is C36H39ClN4O7. The fourth-order valence-corrected chi connectivity index (χ4v) is 5.73. The van der Waals surface area contributed by atoms with Crippen LogP contribution in [0.4, 0.5) is 25.8 Å². The van der Waals surface area contributed by atoms with Gasteiger partial charge in [-0.1, -0.05) is 23.7 Å². The summed E-state index contributed by atoms with van der Waals surface area (Å²) in [6, 6.07) is 13.9. The average molecular weight is 675 g/mol. The molecule has 0 saturated heterocycles. The van der Waals surface area contributed by atoms with Gasteiger partial charge in [-0.15, -0.1) is 0 Å². The zero-order valence-corrected chi connectivity index (χ0v) is 28.8. The SMILES string of the molecule is COC(=O)Nc1ccc(C2=NC=C(C3(O)CCc4cc(-c5cc(Cl)ccc5N(C(=O)OC(C)(C)C)C(=O)OC(C)(C)C)cnc43)C2)cc1. The van der Waals surface area contributed by atoms with Crippen molar-refractivity contribution in [1.29, 1.82) is 0 Å². The van der Waals surface area contributed by atoms with E-state index in [4.69, 9.17) is 26.1 Å². The molecule has 1 aliphatic heterocycles. The maximum Gasteiger partial charge on any atom is 0.424 e. The van der Waals surface area contributed by atoms with E-state index in [-0.39, 0.29) is 5.69 Å². The predicted molar refractivity (Wildman–Crippen MR) is 184 cm³/mol. The molecule has 5 rings (SSSR count). The second-order valence-electron chi connectivity index (χ2n) is 13.7. The van der Waals surface area contributed by atoms with Crippen molar-refractivity contribution in [2.75, 3.05) is 17.3 Å². The quantitative estimate of drug-likeness (QED) is 0.258. The molecule has 2 N–H and O–H groups in total. The van der Waals surface area contributed by atoms with Crippen molar-refractivity contribution in [1.82, 2.24) is 4.98 Å². The second-order valence-corrected chi connectivity index (χ2v) is 14.1. The summed E-state index contributed by atoms with van der Waals surface area (Å²) >= 11 is 6.44. The van der Waals surface area contributed by atoms with Gasteiger partial charge >= 0.3 is 18.3 Å². The molecule has 1 unspecified atom stereocenters. The smallest absolute Gasteiger partial charge is 0.424 e. The minimum atomic E-state index is -1.33. The molecule has 1 aromatic heterocycles. The Labute approximate surface area is 284 Å². The van der Waals surface area contributed by atoms with E-state index in [2.05, 4.69) is 15.0 Å². The molecule has 11 nitrogen and oxygen atoms in total. The van der Waals surface area contributed by atoms with E-state index in [1.807, 2.05) is 18.2 Å². The van der Waals surface area contributed by atoms with E-state index < -0.39 is 35.1 Å². The van der Waals surface area contributed by atoms with Crippen LogP contribution >= 0.6 is 11.6 Å². The van der Waals surface area contributed by atoms with Crippen molar-refractivity contribution in [2.45, 2.75) is 77.6 Å². The Kier molecular flexibility index (Phi) is 9.40. The maximum absolute atomic E-state index is 13.5. The fourth-order valence-electron chi connectivity index (χ4n) is 5.56. The summed E-state index contributed by atoms with van der Waals surface area (Å²) in [4.78, 5) is 48.6. The molecule has 252 valence electrons. The van der Waals surface area contributed by atoms with Crippen molar-refractivity contribution >= 4 is 47.0 Å². The molecule has 0 bridgehead atoms. The van der Waals surface area contributed by atoms with E-state index in [0.29, 0.717) is 46.8 Å². The van der Waals surface area contributed by atoms with E-state index in [1.54, 1.807) is 84.3 Å². The maximum atomic E-state index is 13.5. The summed E-state index contributed by atoms with van der Waals surface area (Å²) in [6.07, 6.45) is 2.28. The Morgan fingerprint density at radius 3 is 2.19 bits per heavy atom. The number of carbonyl (C=O) groups is 3. The third kappa shape index (κ3) is 7.53. The van der Waals surface area contributed by atoms with Crippen molar-refractivity contribution in [3.63, 3.8) is 0 Å². The summed E-state index contributed by atoms with van der Waals surface area (Å²) in [7, 11) is 1.30. The third-order valence-corrected chi connectivity index (χ3v) is 7.93. The highest BCUT2D eigenvalue weighted by atomic mass is 35.5. The number of rotatable bonds is 5. The molecule has 0 spiro atoms. The van der Waals surface area contributed by atoms with Crippen LogP contribution in [-0.2, 0) is 26.2 Å². The number of aliphatic imine (C=N–C) groups is 1. The van der Waals surface area contributed by atoms with E-state index in [1.165, 1.54) is 7.11 Å². The van der Waals surface area contributed by atoms with E-state index in [9.17, 15) is 19.5 Å². The van der Waals surface area contributed by atoms with Crippen molar-refractivity contribution in [2.24, 2.45) is 4.99 Å². The summed E-state index contributed by atoms with van der Waals surface area (Å²) < 4.78 is 15.8. The lowest BCUT2D eigenvalue weighted by atomic mass is 9.87. The van der Waals surface area contributed by atoms with Crippen LogP contribution in [0.25, 0.3) is 11.1 Å². The van der Waals surface area contributed by atoms with Crippen molar-refractivity contribution < 1.29 is 33.7 Å². The number of nitrogens with zero attached hydrogens (tertiary/aromatic N) is 3. The lowest BCUT2D eigenvalue weighted by Gasteiger charge is -2.29. The number of amides is 3. The topological polar surface area (TPSA) is 140 Å². The number of aliphatic hydroxyl groups is 1. The number of benzene rings is 2. The minimum Gasteiger partial charge on any atom is -0.453 e. The molecule has 2 heterocycles. The molecule has 0 fully saturated rings. The molecule has 12 heteroatoms. The normalized spacial score (nSPS) is 17.2. The number of imide groups is 1. The largest absolute Gasteiger partial charge is 0.453 e. The number of ether oxygens (including phenoxy) is 3. The fraction of sp³-hybridized carbons (Fsp3) is 0.361. The molecule has 3 aromatic rings. The Bertz CT molecular complexity index is 1800. The standard InChI is InChI=1S/C36H39ClN4O7/c1-34(2,3)47-32(43)41(33(44)48-35(4,5)6)29-13-10-25(37)18-27(29)23-16-22-14-15-36(45,30(22)39-19-23)24-17-28(38-20-24)21-8-11-26(12-9-21)40-31(42)46-7/h8-13,16,18-20,45H,14-15,17H2,1-7H3,(H,40,42). The zero-order valence-electron chi connectivity index (χ0n) is 28.0. The number of nitrogens with one attached hydrogen (secondary N) is 1. The molecule has 2 aliphatic rings. The molecule has 1 atom stereocenters. The second kappa shape index (κ2) is 13.0. The number of halogens is 1. The molecule has 48 heavy (non-hydrogen) atoms. The van der Waals surface area contributed by atoms with Gasteiger partial charge in [0.15, 0.2) is 0 Å². The number of anilines is 2. The van der Waals surface area contributed by atoms with Gasteiger partial charge in [0, 0.05) is 40.7 Å². The van der Waals surface area contributed by atoms with Gasteiger partial charge in [-0.3, -0.25) is 15.3 Å². The van der Waals surface area contributed by atoms with Crippen LogP contribution in [0.1, 0.15) is 71.2 Å². The van der Waals surface area contributed by atoms with Crippen LogP contribution in [0.3, 0.4) is 0 Å². The van der Waals surface area contributed by atoms with Crippen LogP contribution in [0.15, 0.2) is 71.5 Å². The van der Waals surface area contributed by atoms with E-state index in [0.717, 1.165) is 27.3 Å². The number of fused-ring (bicyclic) bond motifs is 1. The van der Waals surface area contributed by atoms with Crippen LogP contribution in [0, 0.1) is 0 Å². The highest BCUT2D eigenvalue weighted by Gasteiger charge is 2.43. The van der Waals surface area contributed by atoms with Gasteiger partial charge in [-0.25, -0.2) is 14.4 Å². The van der Waals surface area contributed by atoms with Crippen LogP contribution in [0.2, 0.25) is 5.02 Å². The molecule has 1 aliphatic carbocycles. The number of pyridine rings is 1. The first-order chi connectivity index (χ1) is 22.5. The monoisotopic (exact) mass is 674 g/mol. The number of hydrogen-bond donors (Lipinski definition) is 2. The number of aromatic nitrogens is 1.